The highest BCUT2D eigenvalue weighted by Crippen LogP contribution is 2.30. The zero-order chi connectivity index (χ0) is 19.5. The van der Waals surface area contributed by atoms with E-state index < -0.39 is 21.8 Å². The molecule has 0 aliphatic carbocycles. The van der Waals surface area contributed by atoms with E-state index in [0.717, 1.165) is 12.1 Å². The van der Waals surface area contributed by atoms with Gasteiger partial charge in [-0.05, 0) is 36.5 Å². The smallest absolute Gasteiger partial charge is 0.246 e. The Bertz CT molecular complexity index is 759. The lowest BCUT2D eigenvalue weighted by Crippen LogP contribution is -2.46. The van der Waals surface area contributed by atoms with Crippen LogP contribution in [0.4, 0.5) is 4.39 Å². The predicted octanol–water partition coefficient (Wildman–Crippen LogP) is 2.40. The molecular weight excluding hydrogens is 359 g/mol. The monoisotopic (exact) mass is 386 g/mol. The summed E-state index contributed by atoms with van der Waals surface area (Å²) in [6.07, 6.45) is 1.20. The van der Waals surface area contributed by atoms with E-state index in [4.69, 9.17) is 4.74 Å². The molecule has 0 unspecified atom stereocenters. The van der Waals surface area contributed by atoms with E-state index in [1.807, 2.05) is 20.8 Å². The Morgan fingerprint density at radius 3 is 2.69 bits per heavy atom. The molecule has 2 rings (SSSR count). The lowest BCUT2D eigenvalue weighted by molar-refractivity contribution is -0.126. The van der Waals surface area contributed by atoms with Crippen molar-refractivity contribution >= 4 is 15.9 Å². The molecule has 0 saturated carbocycles. The fraction of sp³-hybridized carbons (Fsp3) is 0.611. The van der Waals surface area contributed by atoms with Crippen LogP contribution in [0.1, 0.15) is 33.6 Å². The summed E-state index contributed by atoms with van der Waals surface area (Å²) < 4.78 is 45.8. The summed E-state index contributed by atoms with van der Waals surface area (Å²) in [5.74, 6) is -1.13. The normalized spacial score (nSPS) is 19.2. The molecule has 1 atom stereocenters. The molecule has 1 saturated heterocycles. The minimum absolute atomic E-state index is 0.0506. The molecule has 1 N–H and O–H groups in total. The largest absolute Gasteiger partial charge is 0.495 e. The Hall–Kier alpha value is -1.67. The molecule has 0 aromatic heterocycles. The fourth-order valence-electron chi connectivity index (χ4n) is 2.86. The number of halogens is 1. The lowest BCUT2D eigenvalue weighted by Gasteiger charge is -2.32. The second-order valence-corrected chi connectivity index (χ2v) is 9.68. The van der Waals surface area contributed by atoms with Crippen molar-refractivity contribution in [1.82, 2.24) is 9.62 Å². The van der Waals surface area contributed by atoms with Gasteiger partial charge in [0, 0.05) is 19.6 Å². The molecule has 0 spiro atoms. The first-order valence-electron chi connectivity index (χ1n) is 8.66. The summed E-state index contributed by atoms with van der Waals surface area (Å²) in [5, 5.41) is 2.89. The van der Waals surface area contributed by atoms with E-state index >= 15 is 0 Å². The maximum absolute atomic E-state index is 13.6. The Morgan fingerprint density at radius 2 is 2.08 bits per heavy atom. The highest BCUT2D eigenvalue weighted by atomic mass is 32.2. The number of ether oxygens (including phenoxy) is 1. The Morgan fingerprint density at radius 1 is 1.38 bits per heavy atom. The van der Waals surface area contributed by atoms with E-state index in [2.05, 4.69) is 5.32 Å². The quantitative estimate of drug-likeness (QED) is 0.843. The second kappa shape index (κ2) is 7.92. The molecule has 6 nitrogen and oxygen atoms in total. The van der Waals surface area contributed by atoms with Crippen molar-refractivity contribution in [3.8, 4) is 5.75 Å². The average molecular weight is 386 g/mol. The number of carbonyl (C=O) groups is 1. The second-order valence-electron chi connectivity index (χ2n) is 7.78. The molecule has 26 heavy (non-hydrogen) atoms. The van der Waals surface area contributed by atoms with Crippen LogP contribution in [-0.2, 0) is 14.8 Å². The summed E-state index contributed by atoms with van der Waals surface area (Å²) in [7, 11) is -2.61. The van der Waals surface area contributed by atoms with E-state index in [0.29, 0.717) is 25.9 Å². The van der Waals surface area contributed by atoms with E-state index in [1.54, 1.807) is 0 Å². The number of methoxy groups -OCH3 is 1. The lowest BCUT2D eigenvalue weighted by atomic mass is 9.95. The van der Waals surface area contributed by atoms with Crippen LogP contribution in [0.25, 0.3) is 0 Å². The Kier molecular flexibility index (Phi) is 6.29. The third-order valence-corrected chi connectivity index (χ3v) is 6.18. The van der Waals surface area contributed by atoms with Crippen LogP contribution in [0.2, 0.25) is 0 Å². The number of benzene rings is 1. The van der Waals surface area contributed by atoms with E-state index in [9.17, 15) is 17.6 Å². The maximum atomic E-state index is 13.6. The van der Waals surface area contributed by atoms with Crippen LogP contribution in [0.15, 0.2) is 23.1 Å². The minimum atomic E-state index is -3.95. The fourth-order valence-corrected chi connectivity index (χ4v) is 4.55. The van der Waals surface area contributed by atoms with Crippen molar-refractivity contribution in [3.63, 3.8) is 0 Å². The number of carbonyl (C=O) groups excluding carboxylic acids is 1. The van der Waals surface area contributed by atoms with Crippen molar-refractivity contribution in [3.05, 3.63) is 24.0 Å². The van der Waals surface area contributed by atoms with Gasteiger partial charge < -0.3 is 10.1 Å². The van der Waals surface area contributed by atoms with Crippen LogP contribution < -0.4 is 10.1 Å². The van der Waals surface area contributed by atoms with Crippen molar-refractivity contribution in [1.29, 1.82) is 0 Å². The molecule has 8 heteroatoms. The third kappa shape index (κ3) is 4.94. The Balaban J connectivity index is 2.18. The molecule has 1 aromatic carbocycles. The summed E-state index contributed by atoms with van der Waals surface area (Å²) >= 11 is 0. The average Bonchev–Trinajstić information content (AvgIpc) is 2.59. The zero-order valence-corrected chi connectivity index (χ0v) is 16.5. The molecule has 146 valence electrons. The molecule has 0 radical (unpaired) electrons. The van der Waals surface area contributed by atoms with Crippen LogP contribution in [0.5, 0.6) is 5.75 Å². The number of nitrogens with one attached hydrogen (secondary N) is 1. The summed E-state index contributed by atoms with van der Waals surface area (Å²) in [6, 6.07) is 3.40. The number of hydrogen-bond acceptors (Lipinski definition) is 4. The minimum Gasteiger partial charge on any atom is -0.495 e. The maximum Gasteiger partial charge on any atom is 0.246 e. The van der Waals surface area contributed by atoms with Crippen molar-refractivity contribution in [2.75, 3.05) is 26.7 Å². The molecular formula is C18H27FN2O4S. The number of piperidine rings is 1. The predicted molar refractivity (Wildman–Crippen MR) is 96.9 cm³/mol. The van der Waals surface area contributed by atoms with Crippen LogP contribution in [0, 0.1) is 17.2 Å². The molecule has 1 heterocycles. The molecule has 1 aromatic rings. The van der Waals surface area contributed by atoms with Crippen molar-refractivity contribution < 1.29 is 22.3 Å². The summed E-state index contributed by atoms with van der Waals surface area (Å²) in [5.41, 5.74) is -0.0506. The number of amides is 1. The van der Waals surface area contributed by atoms with Gasteiger partial charge in [0.15, 0.2) is 0 Å². The molecule has 1 amide bonds. The number of rotatable bonds is 5. The highest BCUT2D eigenvalue weighted by Gasteiger charge is 2.35. The first kappa shape index (κ1) is 20.6. The van der Waals surface area contributed by atoms with Gasteiger partial charge in [-0.2, -0.15) is 4.31 Å². The van der Waals surface area contributed by atoms with Crippen LogP contribution in [0.3, 0.4) is 0 Å². The Labute approximate surface area is 154 Å². The van der Waals surface area contributed by atoms with Crippen LogP contribution >= 0.6 is 0 Å². The first-order valence-corrected chi connectivity index (χ1v) is 10.1. The van der Waals surface area contributed by atoms with Gasteiger partial charge in [-0.1, -0.05) is 20.8 Å². The SMILES string of the molecule is COc1ccc(F)cc1S(=O)(=O)N1CCC[C@@H](C(=O)NCC(C)(C)C)C1. The van der Waals surface area contributed by atoms with E-state index in [1.165, 1.54) is 17.5 Å². The first-order chi connectivity index (χ1) is 12.0. The topological polar surface area (TPSA) is 75.7 Å². The molecule has 1 aliphatic rings. The number of nitrogens with zero attached hydrogens (tertiary/aromatic N) is 1. The van der Waals surface area contributed by atoms with Crippen molar-refractivity contribution in [2.24, 2.45) is 11.3 Å². The van der Waals surface area contributed by atoms with Gasteiger partial charge >= 0.3 is 0 Å². The van der Waals surface area contributed by atoms with Gasteiger partial charge in [0.05, 0.1) is 13.0 Å². The highest BCUT2D eigenvalue weighted by molar-refractivity contribution is 7.89. The van der Waals surface area contributed by atoms with Gasteiger partial charge in [-0.3, -0.25) is 4.79 Å². The van der Waals surface area contributed by atoms with E-state index in [-0.39, 0.29) is 28.5 Å². The molecule has 0 bridgehead atoms. The van der Waals surface area contributed by atoms with Crippen LogP contribution in [-0.4, -0.2) is 45.4 Å². The molecule has 1 fully saturated rings. The van der Waals surface area contributed by atoms with Gasteiger partial charge in [0.2, 0.25) is 15.9 Å². The van der Waals surface area contributed by atoms with Crippen molar-refractivity contribution in [2.45, 2.75) is 38.5 Å². The third-order valence-electron chi connectivity index (χ3n) is 4.29. The number of sulfonamides is 1. The van der Waals surface area contributed by atoms with Gasteiger partial charge in [-0.25, -0.2) is 12.8 Å². The van der Waals surface area contributed by atoms with Gasteiger partial charge in [0.1, 0.15) is 16.5 Å². The van der Waals surface area contributed by atoms with Gasteiger partial charge in [-0.15, -0.1) is 0 Å². The summed E-state index contributed by atoms with van der Waals surface area (Å²) in [4.78, 5) is 12.2. The standard InChI is InChI=1S/C18H27FN2O4S/c1-18(2,3)12-20-17(22)13-6-5-9-21(11-13)26(23,24)16-10-14(19)7-8-15(16)25-4/h7-8,10,13H,5-6,9,11-12H2,1-4H3,(H,20,22)/t13-/m1/s1. The summed E-state index contributed by atoms with van der Waals surface area (Å²) in [6.45, 7) is 6.94. The molecule has 1 aliphatic heterocycles. The van der Waals surface area contributed by atoms with Gasteiger partial charge in [0.25, 0.3) is 0 Å². The zero-order valence-electron chi connectivity index (χ0n) is 15.7. The number of hydrogen-bond donors (Lipinski definition) is 1.